The van der Waals surface area contributed by atoms with Crippen LogP contribution in [0.5, 0.6) is 0 Å². The second kappa shape index (κ2) is 11.7. The van der Waals surface area contributed by atoms with Crippen LogP contribution in [-0.2, 0) is 0 Å². The average Bonchev–Trinajstić information content (AvgIpc) is 0.918. The lowest BCUT2D eigenvalue weighted by molar-refractivity contribution is -0.000000705. The van der Waals surface area contributed by atoms with Crippen molar-refractivity contribution in [2.45, 2.75) is 0 Å². The fourth-order valence-electron chi connectivity index (χ4n) is 0. The standard InChI is InChI=1S/H2I.N3/c;1-3-2/h1H2;/q+1;-1. The van der Waals surface area contributed by atoms with E-state index in [1.165, 1.54) is 4.91 Å². The largest absolute Gasteiger partial charge is 0.373 e. The first-order valence-electron chi connectivity index (χ1n) is 0.400. The first-order chi connectivity index (χ1) is 1.41. The quantitative estimate of drug-likeness (QED) is 0.165. The lowest BCUT2D eigenvalue weighted by atomic mass is 13.0. The third-order valence-electron chi connectivity index (χ3n) is 0. The molecule has 3 nitrogen and oxygen atoms in total. The zero-order chi connectivity index (χ0) is 2.71. The molecule has 0 spiro atoms. The van der Waals surface area contributed by atoms with Crippen molar-refractivity contribution in [1.29, 1.82) is 0 Å². The number of halogens is 1. The summed E-state index contributed by atoms with van der Waals surface area (Å²) in [6.07, 6.45) is 0. The molecule has 0 heterocycles. The van der Waals surface area contributed by atoms with Crippen molar-refractivity contribution < 1.29 is 24.0 Å². The van der Waals surface area contributed by atoms with Gasteiger partial charge in [0.25, 0.3) is 0 Å². The predicted molar refractivity (Wildman–Crippen MR) is 12.9 cm³/mol. The summed E-state index contributed by atoms with van der Waals surface area (Å²) in [4.78, 5) is 1.50. The summed E-state index contributed by atoms with van der Waals surface area (Å²) in [7, 11) is 0. The van der Waals surface area contributed by atoms with E-state index in [0.717, 1.165) is 0 Å². The Morgan fingerprint density at radius 1 is 1.25 bits per heavy atom. The molecule has 0 amide bonds. The normalized spacial score (nSPS) is 2.00. The van der Waals surface area contributed by atoms with Gasteiger partial charge in [-0.15, -0.1) is 0 Å². The molecule has 0 unspecified atom stereocenters. The lowest BCUT2D eigenvalue weighted by Crippen LogP contribution is -3.00. The van der Waals surface area contributed by atoms with Crippen LogP contribution < -0.4 is 24.0 Å². The van der Waals surface area contributed by atoms with Crippen molar-refractivity contribution in [3.05, 3.63) is 16.0 Å². The number of nitrogens with zero attached hydrogens (tertiary/aromatic N) is 3. The topological polar surface area (TPSA) is 58.7 Å². The van der Waals surface area contributed by atoms with E-state index in [2.05, 4.69) is 0 Å². The van der Waals surface area contributed by atoms with Crippen molar-refractivity contribution in [2.75, 3.05) is 0 Å². The van der Waals surface area contributed by atoms with Gasteiger partial charge in [-0.1, -0.05) is 0 Å². The molecule has 0 fully saturated rings. The zero-order valence-corrected chi connectivity index (χ0v) is 4.34. The minimum absolute atomic E-state index is 0. The molecule has 4 heteroatoms. The predicted octanol–water partition coefficient (Wildman–Crippen LogP) is -2.67. The Kier molecular flexibility index (Phi) is 26.2. The molecule has 0 rings (SSSR count). The SMILES string of the molecule is [IH2+].[N-]=[N+]=[N-]. The highest BCUT2D eigenvalue weighted by Crippen LogP contribution is 1.29. The third kappa shape index (κ3) is 1380. The van der Waals surface area contributed by atoms with E-state index in [9.17, 15) is 0 Å². The van der Waals surface area contributed by atoms with Crippen LogP contribution in [0.15, 0.2) is 0 Å². The second-order valence-electron chi connectivity index (χ2n) is 0.0894. The fourth-order valence-corrected chi connectivity index (χ4v) is 0. The van der Waals surface area contributed by atoms with Gasteiger partial charge in [-0.25, -0.2) is 0 Å². The summed E-state index contributed by atoms with van der Waals surface area (Å²) in [5.74, 6) is 0. The smallest absolute Gasteiger partial charge is 0.235 e. The highest BCUT2D eigenvalue weighted by atomic mass is 127. The van der Waals surface area contributed by atoms with Gasteiger partial charge >= 0.3 is 0 Å². The van der Waals surface area contributed by atoms with E-state index in [1.54, 1.807) is 0 Å². The Morgan fingerprint density at radius 3 is 1.25 bits per heavy atom. The maximum Gasteiger partial charge on any atom is 0.235 e. The molecule has 0 aliphatic carbocycles. The van der Waals surface area contributed by atoms with Gasteiger partial charge in [-0.3, -0.25) is 4.91 Å². The van der Waals surface area contributed by atoms with Gasteiger partial charge < -0.3 is 11.1 Å². The summed E-state index contributed by atoms with van der Waals surface area (Å²) in [6.45, 7) is 0. The summed E-state index contributed by atoms with van der Waals surface area (Å²) < 4.78 is 0. The first kappa shape index (κ1) is 8.97. The molecule has 0 saturated carbocycles. The van der Waals surface area contributed by atoms with Gasteiger partial charge in [0.05, 0.1) is 0 Å². The molecular weight excluding hydrogens is 169 g/mol. The zero-order valence-electron chi connectivity index (χ0n) is 1.79. The average molecular weight is 171 g/mol. The van der Waals surface area contributed by atoms with E-state index in [0.29, 0.717) is 0 Å². The van der Waals surface area contributed by atoms with Crippen LogP contribution in [0, 0.1) is 0 Å². The van der Waals surface area contributed by atoms with Crippen molar-refractivity contribution >= 4 is 0 Å². The molecule has 0 radical (unpaired) electrons. The molecule has 0 aromatic carbocycles. The molecule has 4 heavy (non-hydrogen) atoms. The molecule has 0 atom stereocenters. The molecular formula is H2IN3. The number of rotatable bonds is 0. The maximum absolute atomic E-state index is 6.75. The van der Waals surface area contributed by atoms with E-state index in [1.807, 2.05) is 0 Å². The molecule has 0 aliphatic rings. The summed E-state index contributed by atoms with van der Waals surface area (Å²) in [5.41, 5.74) is 13.5. The van der Waals surface area contributed by atoms with E-state index in [-0.39, 0.29) is 24.0 Å². The van der Waals surface area contributed by atoms with Crippen LogP contribution in [0.2, 0.25) is 0 Å². The maximum atomic E-state index is 6.75. The van der Waals surface area contributed by atoms with Gasteiger partial charge in [0, 0.05) is 0 Å². The van der Waals surface area contributed by atoms with Gasteiger partial charge in [-0.2, -0.15) is 0 Å². The van der Waals surface area contributed by atoms with Gasteiger partial charge in [-0.05, 0) is 0 Å². The minimum Gasteiger partial charge on any atom is -0.373 e. The Labute approximate surface area is 40.4 Å². The van der Waals surface area contributed by atoms with Crippen molar-refractivity contribution in [1.82, 2.24) is 0 Å². The molecule has 24 valence electrons. The minimum atomic E-state index is 0. The number of hydrogen-bond acceptors (Lipinski definition) is 0. The summed E-state index contributed by atoms with van der Waals surface area (Å²) in [5, 5.41) is 0. The van der Waals surface area contributed by atoms with Crippen LogP contribution >= 0.6 is 0 Å². The Morgan fingerprint density at radius 2 is 1.25 bits per heavy atom. The van der Waals surface area contributed by atoms with Crippen LogP contribution in [0.4, 0.5) is 0 Å². The van der Waals surface area contributed by atoms with Crippen LogP contribution in [0.25, 0.3) is 16.0 Å². The fraction of sp³-hybridized carbons (Fsp3) is 0. The Balaban J connectivity index is 0. The second-order valence-corrected chi connectivity index (χ2v) is 0.0894. The molecule has 0 aromatic heterocycles. The first-order valence-corrected chi connectivity index (χ1v) is 0.400. The monoisotopic (exact) mass is 171 g/mol. The van der Waals surface area contributed by atoms with E-state index >= 15 is 0 Å². The molecule has 0 N–H and O–H groups in total. The van der Waals surface area contributed by atoms with Crippen LogP contribution in [0.3, 0.4) is 0 Å². The molecule has 0 aliphatic heterocycles. The van der Waals surface area contributed by atoms with Gasteiger partial charge in [0.15, 0.2) is 0 Å². The van der Waals surface area contributed by atoms with E-state index < -0.39 is 0 Å². The van der Waals surface area contributed by atoms with Crippen LogP contribution in [0.1, 0.15) is 0 Å². The van der Waals surface area contributed by atoms with Crippen molar-refractivity contribution in [2.24, 2.45) is 0 Å². The highest BCUT2D eigenvalue weighted by molar-refractivity contribution is 4.36. The van der Waals surface area contributed by atoms with E-state index in [4.69, 9.17) is 11.1 Å². The third-order valence-corrected chi connectivity index (χ3v) is 0. The summed E-state index contributed by atoms with van der Waals surface area (Å²) >= 11 is 0. The van der Waals surface area contributed by atoms with Crippen LogP contribution in [-0.4, -0.2) is 0 Å². The molecule has 0 saturated heterocycles. The van der Waals surface area contributed by atoms with Crippen molar-refractivity contribution in [3.63, 3.8) is 0 Å². The highest BCUT2D eigenvalue weighted by Gasteiger charge is 0.689. The summed E-state index contributed by atoms with van der Waals surface area (Å²) in [6, 6.07) is 0. The van der Waals surface area contributed by atoms with Gasteiger partial charge in [0.2, 0.25) is 24.0 Å². The Bertz CT molecular complexity index is 24.3. The molecule has 0 bridgehead atoms. The molecule has 0 aromatic rings. The van der Waals surface area contributed by atoms with Gasteiger partial charge in [0.1, 0.15) is 0 Å². The van der Waals surface area contributed by atoms with Crippen molar-refractivity contribution in [3.8, 4) is 0 Å². The number of hydrogen-bond donors (Lipinski definition) is 0. The Hall–Kier alpha value is 0.0400. The lowest BCUT2D eigenvalue weighted by Gasteiger charge is -1.31.